The molecule has 4 N–H and O–H groups in total. The van der Waals surface area contributed by atoms with Gasteiger partial charge in [0.1, 0.15) is 0 Å². The molecule has 5 rings (SSSR count). The average Bonchev–Trinajstić information content (AvgIpc) is 3.69. The molecule has 2 aliphatic carbocycles. The zero-order valence-corrected chi connectivity index (χ0v) is 36.8. The molecule has 1 heterocycles. The lowest BCUT2D eigenvalue weighted by Crippen LogP contribution is -2.39. The maximum atomic E-state index is 12.2. The number of hydrogen-bond acceptors (Lipinski definition) is 7. The molecule has 0 amide bonds. The van der Waals surface area contributed by atoms with Gasteiger partial charge in [-0.2, -0.15) is 0 Å². The van der Waals surface area contributed by atoms with E-state index in [4.69, 9.17) is 45.5 Å². The van der Waals surface area contributed by atoms with Crippen LogP contribution in [0.4, 0.5) is 5.13 Å². The lowest BCUT2D eigenvalue weighted by Gasteiger charge is -2.36. The van der Waals surface area contributed by atoms with Crippen LogP contribution in [0.15, 0.2) is 53.9 Å². The average molecular weight is 838 g/mol. The number of Topliss-reactive ketones (excluding diaryl/α,β-unsaturated/α-hetero) is 1. The number of nitrogens with two attached hydrogens (primary N) is 1. The molecule has 2 aromatic carbocycles. The van der Waals surface area contributed by atoms with E-state index in [9.17, 15) is 4.79 Å². The molecule has 0 aliphatic heterocycles. The van der Waals surface area contributed by atoms with Gasteiger partial charge in [0.15, 0.2) is 16.0 Å². The molecule has 54 heavy (non-hydrogen) atoms. The number of thiocarbonyl (C=S) groups is 1. The van der Waals surface area contributed by atoms with Crippen molar-refractivity contribution in [1.82, 2.24) is 20.1 Å². The second-order valence-corrected chi connectivity index (χ2v) is 16.6. The largest absolute Gasteiger partial charge is 0.376 e. The van der Waals surface area contributed by atoms with E-state index < -0.39 is 0 Å². The van der Waals surface area contributed by atoms with Crippen LogP contribution in [0.3, 0.4) is 0 Å². The number of nitrogens with one attached hydrogen (secondary N) is 2. The topological polar surface area (TPSA) is 86.5 Å². The van der Waals surface area contributed by atoms with E-state index in [0.29, 0.717) is 10.1 Å². The van der Waals surface area contributed by atoms with E-state index in [2.05, 4.69) is 77.9 Å². The zero-order chi connectivity index (χ0) is 39.4. The number of hydrogen-bond donors (Lipinski definition) is 3. The van der Waals surface area contributed by atoms with Gasteiger partial charge in [-0.05, 0) is 112 Å². The summed E-state index contributed by atoms with van der Waals surface area (Å²) in [6, 6.07) is 16.1. The number of thiazole rings is 1. The second kappa shape index (κ2) is 24.6. The molecule has 1 aromatic heterocycles. The van der Waals surface area contributed by atoms with E-state index in [0.717, 1.165) is 93.8 Å². The minimum atomic E-state index is -0.357. The van der Waals surface area contributed by atoms with Crippen molar-refractivity contribution in [2.24, 2.45) is 5.73 Å². The Hall–Kier alpha value is -1.98. The van der Waals surface area contributed by atoms with Crippen molar-refractivity contribution in [2.75, 3.05) is 57.1 Å². The Labute approximate surface area is 350 Å². The molecule has 2 aliphatic rings. The molecule has 0 atom stereocenters. The molecule has 2 fully saturated rings. The quantitative estimate of drug-likeness (QED) is 0.0569. The normalized spacial score (nSPS) is 16.1. The Morgan fingerprint density at radius 2 is 1.33 bits per heavy atom. The van der Waals surface area contributed by atoms with Crippen molar-refractivity contribution < 1.29 is 4.79 Å². The molecule has 0 saturated heterocycles. The van der Waals surface area contributed by atoms with Crippen LogP contribution < -0.4 is 16.4 Å². The van der Waals surface area contributed by atoms with Gasteiger partial charge in [0.2, 0.25) is 0 Å². The zero-order valence-electron chi connectivity index (χ0n) is 32.9. The van der Waals surface area contributed by atoms with E-state index in [-0.39, 0.29) is 22.5 Å². The highest BCUT2D eigenvalue weighted by molar-refractivity contribution is 7.80. The Morgan fingerprint density at radius 3 is 1.83 bits per heavy atom. The van der Waals surface area contributed by atoms with E-state index in [1.807, 2.05) is 36.4 Å². The smallest absolute Gasteiger partial charge is 0.182 e. The summed E-state index contributed by atoms with van der Waals surface area (Å²) in [4.78, 5) is 21.9. The van der Waals surface area contributed by atoms with Crippen molar-refractivity contribution in [1.29, 1.82) is 0 Å². The lowest BCUT2D eigenvalue weighted by molar-refractivity contribution is -0.123. The van der Waals surface area contributed by atoms with Gasteiger partial charge >= 0.3 is 0 Å². The van der Waals surface area contributed by atoms with Crippen LogP contribution in [0.2, 0.25) is 10.0 Å². The minimum Gasteiger partial charge on any atom is -0.376 e. The standard InChI is InChI=1S/C22H32ClN3S.C14H16Cl2O.C6H15N3S/c1-3-26(4-2)16-8-15-24-21-25-20(17-27-21)22(13-6-5-7-14-22)18-9-11-19(23)12-10-18;15-10-13(17)14(8-2-1-3-9-14)11-4-6-12(16)7-5-11;1-3-9(4-2)5-8-6(7)10/h9-12,17H,3-8,13-16H2,1-2H3,(H,24,25);4-7H,1-3,8-10H2;3-5H2,1-2H3,(H3,7,8,10). The van der Waals surface area contributed by atoms with E-state index >= 15 is 0 Å². The van der Waals surface area contributed by atoms with Crippen molar-refractivity contribution in [3.05, 3.63) is 80.8 Å². The molecule has 0 bridgehead atoms. The van der Waals surface area contributed by atoms with Crippen molar-refractivity contribution in [3.8, 4) is 0 Å². The molecule has 0 spiro atoms. The number of carbonyl (C=O) groups is 1. The minimum absolute atomic E-state index is 0.0560. The fourth-order valence-corrected chi connectivity index (χ4v) is 9.06. The van der Waals surface area contributed by atoms with Crippen LogP contribution in [-0.2, 0) is 15.6 Å². The molecular weight excluding hydrogens is 775 g/mol. The molecule has 0 radical (unpaired) electrons. The first-order valence-corrected chi connectivity index (χ1v) is 22.4. The van der Waals surface area contributed by atoms with Gasteiger partial charge < -0.3 is 21.3 Å². The summed E-state index contributed by atoms with van der Waals surface area (Å²) in [5.74, 6) is 0.254. The van der Waals surface area contributed by atoms with Gasteiger partial charge in [-0.15, -0.1) is 22.9 Å². The van der Waals surface area contributed by atoms with Gasteiger partial charge in [0.05, 0.1) is 23.7 Å². The van der Waals surface area contributed by atoms with Crippen LogP contribution in [-0.4, -0.2) is 77.5 Å². The number of benzene rings is 2. The summed E-state index contributed by atoms with van der Waals surface area (Å²) in [6.45, 7) is 15.8. The summed E-state index contributed by atoms with van der Waals surface area (Å²) in [6.07, 6.45) is 12.6. The molecule has 300 valence electrons. The number of aromatic nitrogens is 1. The Morgan fingerprint density at radius 1 is 0.815 bits per heavy atom. The van der Waals surface area contributed by atoms with Crippen LogP contribution in [0, 0.1) is 0 Å². The van der Waals surface area contributed by atoms with Crippen LogP contribution in [0.5, 0.6) is 0 Å². The number of nitrogens with zero attached hydrogens (tertiary/aromatic N) is 3. The molecule has 12 heteroatoms. The monoisotopic (exact) mass is 836 g/mol. The third-order valence-electron chi connectivity index (χ3n) is 11.1. The maximum absolute atomic E-state index is 12.2. The number of rotatable bonds is 16. The van der Waals surface area contributed by atoms with Crippen molar-refractivity contribution in [3.63, 3.8) is 0 Å². The number of carbonyl (C=O) groups excluding carboxylic acids is 1. The highest BCUT2D eigenvalue weighted by atomic mass is 35.5. The first-order chi connectivity index (χ1) is 26.1. The second-order valence-electron chi connectivity index (χ2n) is 14.2. The SMILES string of the molecule is CCN(CC)CCCNc1nc(C2(c3ccc(Cl)cc3)CCCCC2)cs1.CCN(CC)CNC(N)=S.O=C(CCl)C1(c2ccc(Cl)cc2)CCCCC1. The Bertz CT molecular complexity index is 1500. The van der Waals surface area contributed by atoms with Crippen molar-refractivity contribution in [2.45, 2.75) is 109 Å². The summed E-state index contributed by atoms with van der Waals surface area (Å²) in [5.41, 5.74) is 8.62. The van der Waals surface area contributed by atoms with Gasteiger partial charge in [0, 0.05) is 27.4 Å². The summed E-state index contributed by atoms with van der Waals surface area (Å²) in [7, 11) is 0. The summed E-state index contributed by atoms with van der Waals surface area (Å²) in [5, 5.41) is 11.6. The molecule has 0 unspecified atom stereocenters. The third kappa shape index (κ3) is 13.9. The van der Waals surface area contributed by atoms with Crippen LogP contribution in [0.1, 0.15) is 115 Å². The third-order valence-corrected chi connectivity index (χ3v) is 12.7. The van der Waals surface area contributed by atoms with Gasteiger partial charge in [-0.3, -0.25) is 9.69 Å². The van der Waals surface area contributed by atoms with E-state index in [1.165, 1.54) is 49.8 Å². The van der Waals surface area contributed by atoms with Crippen molar-refractivity contribution >= 4 is 74.4 Å². The van der Waals surface area contributed by atoms with Gasteiger partial charge in [-0.25, -0.2) is 4.98 Å². The number of alkyl halides is 1. The molecule has 3 aromatic rings. The number of anilines is 1. The summed E-state index contributed by atoms with van der Waals surface area (Å²) < 4.78 is 0. The van der Waals surface area contributed by atoms with Crippen LogP contribution in [0.25, 0.3) is 0 Å². The predicted molar refractivity (Wildman–Crippen MR) is 238 cm³/mol. The lowest BCUT2D eigenvalue weighted by atomic mass is 9.67. The highest BCUT2D eigenvalue weighted by Gasteiger charge is 2.40. The molecule has 7 nitrogen and oxygen atoms in total. The fraction of sp³-hybridized carbons (Fsp3) is 0.595. The maximum Gasteiger partial charge on any atom is 0.182 e. The van der Waals surface area contributed by atoms with Crippen LogP contribution >= 0.6 is 58.4 Å². The molecular formula is C42H63Cl3N6OS2. The van der Waals surface area contributed by atoms with Gasteiger partial charge in [-0.1, -0.05) is 114 Å². The summed E-state index contributed by atoms with van der Waals surface area (Å²) >= 11 is 24.2. The predicted octanol–water partition coefficient (Wildman–Crippen LogP) is 10.7. The number of ketones is 1. The number of halogens is 3. The Kier molecular flexibility index (Phi) is 21.1. The molecule has 2 saturated carbocycles. The van der Waals surface area contributed by atoms with E-state index in [1.54, 1.807) is 11.3 Å². The fourth-order valence-electron chi connectivity index (χ4n) is 7.65. The van der Waals surface area contributed by atoms with Gasteiger partial charge in [0.25, 0.3) is 0 Å². The first-order valence-electron chi connectivity index (χ1n) is 19.9. The first kappa shape index (κ1) is 46.4. The highest BCUT2D eigenvalue weighted by Crippen LogP contribution is 2.46. The Balaban J connectivity index is 0.000000247.